The zero-order valence-electron chi connectivity index (χ0n) is 17.6. The van der Waals surface area contributed by atoms with E-state index in [9.17, 15) is 4.79 Å². The molecule has 0 spiro atoms. The van der Waals surface area contributed by atoms with E-state index in [1.807, 2.05) is 67.4 Å². The number of nitrogens with zero attached hydrogens (tertiary/aromatic N) is 4. The number of aromatic nitrogens is 4. The lowest BCUT2D eigenvalue weighted by molar-refractivity contribution is -0.115. The Bertz CT molecular complexity index is 982. The van der Waals surface area contributed by atoms with Crippen molar-refractivity contribution >= 4 is 11.6 Å². The second kappa shape index (κ2) is 8.00. The molecule has 6 heteroatoms. The Morgan fingerprint density at radius 2 is 1.68 bits per heavy atom. The summed E-state index contributed by atoms with van der Waals surface area (Å²) in [5.41, 5.74) is 6.46. The molecular formula is C22H29N5O. The maximum atomic E-state index is 12.8. The molecule has 0 aliphatic carbocycles. The van der Waals surface area contributed by atoms with E-state index in [-0.39, 0.29) is 5.91 Å². The summed E-state index contributed by atoms with van der Waals surface area (Å²) in [5, 5.41) is 12.3. The van der Waals surface area contributed by atoms with Crippen LogP contribution < -0.4 is 5.32 Å². The van der Waals surface area contributed by atoms with Gasteiger partial charge in [0.2, 0.25) is 5.91 Å². The molecule has 0 atom stereocenters. The Morgan fingerprint density at radius 1 is 1.00 bits per heavy atom. The minimum Gasteiger partial charge on any atom is -0.323 e. The van der Waals surface area contributed by atoms with Crippen molar-refractivity contribution in [1.82, 2.24) is 19.6 Å². The van der Waals surface area contributed by atoms with E-state index in [0.29, 0.717) is 12.3 Å². The topological polar surface area (TPSA) is 64.7 Å². The van der Waals surface area contributed by atoms with E-state index < -0.39 is 0 Å². The number of amides is 1. The number of anilines is 1. The number of carbonyl (C=O) groups is 1. The zero-order chi connectivity index (χ0) is 20.4. The SMILES string of the molecule is Cc1nn(CC(C)C)c(C)c1CC(=O)Nc1c(C)nn(-c2ccccc2)c1C. The number of hydrogen-bond acceptors (Lipinski definition) is 3. The fourth-order valence-corrected chi connectivity index (χ4v) is 3.50. The van der Waals surface area contributed by atoms with Gasteiger partial charge >= 0.3 is 0 Å². The summed E-state index contributed by atoms with van der Waals surface area (Å²) in [5.74, 6) is 0.461. The third kappa shape index (κ3) is 4.01. The summed E-state index contributed by atoms with van der Waals surface area (Å²) in [6, 6.07) is 9.93. The first-order valence-corrected chi connectivity index (χ1v) is 9.72. The summed E-state index contributed by atoms with van der Waals surface area (Å²) in [6.45, 7) is 13.1. The number of para-hydroxylation sites is 1. The third-order valence-electron chi connectivity index (χ3n) is 4.96. The van der Waals surface area contributed by atoms with Gasteiger partial charge in [0.25, 0.3) is 0 Å². The molecule has 0 unspecified atom stereocenters. The molecule has 2 aromatic heterocycles. The molecule has 1 amide bonds. The monoisotopic (exact) mass is 379 g/mol. The van der Waals surface area contributed by atoms with Crippen molar-refractivity contribution in [2.24, 2.45) is 5.92 Å². The van der Waals surface area contributed by atoms with Crippen molar-refractivity contribution in [3.8, 4) is 5.69 Å². The van der Waals surface area contributed by atoms with Gasteiger partial charge in [-0.3, -0.25) is 9.48 Å². The summed E-state index contributed by atoms with van der Waals surface area (Å²) in [6.07, 6.45) is 0.311. The molecule has 0 saturated carbocycles. The number of carbonyl (C=O) groups excluding carboxylic acids is 1. The smallest absolute Gasteiger partial charge is 0.229 e. The van der Waals surface area contributed by atoms with E-state index in [1.165, 1.54) is 0 Å². The molecule has 0 aliphatic heterocycles. The highest BCUT2D eigenvalue weighted by Crippen LogP contribution is 2.23. The maximum Gasteiger partial charge on any atom is 0.229 e. The summed E-state index contributed by atoms with van der Waals surface area (Å²) in [4.78, 5) is 12.8. The number of benzene rings is 1. The number of nitrogens with one attached hydrogen (secondary N) is 1. The molecule has 0 bridgehead atoms. The molecule has 0 radical (unpaired) electrons. The Morgan fingerprint density at radius 3 is 2.32 bits per heavy atom. The number of hydrogen-bond donors (Lipinski definition) is 1. The first kappa shape index (κ1) is 19.9. The molecule has 2 heterocycles. The maximum absolute atomic E-state index is 12.8. The molecule has 28 heavy (non-hydrogen) atoms. The average Bonchev–Trinajstić information content (AvgIpc) is 3.07. The van der Waals surface area contributed by atoms with Crippen molar-refractivity contribution in [2.75, 3.05) is 5.32 Å². The number of rotatable bonds is 6. The van der Waals surface area contributed by atoms with Gasteiger partial charge in [0, 0.05) is 17.8 Å². The van der Waals surface area contributed by atoms with Crippen LogP contribution in [0.15, 0.2) is 30.3 Å². The van der Waals surface area contributed by atoms with Gasteiger partial charge in [0.05, 0.1) is 34.9 Å². The van der Waals surface area contributed by atoms with Gasteiger partial charge in [0.1, 0.15) is 0 Å². The van der Waals surface area contributed by atoms with E-state index in [2.05, 4.69) is 29.4 Å². The molecule has 3 rings (SSSR count). The predicted octanol–water partition coefficient (Wildman–Crippen LogP) is 4.14. The van der Waals surface area contributed by atoms with Crippen LogP contribution in [0.5, 0.6) is 0 Å². The lowest BCUT2D eigenvalue weighted by Gasteiger charge is -2.09. The van der Waals surface area contributed by atoms with Crippen LogP contribution in [0.3, 0.4) is 0 Å². The molecule has 148 valence electrons. The van der Waals surface area contributed by atoms with Gasteiger partial charge in [-0.1, -0.05) is 32.0 Å². The van der Waals surface area contributed by atoms with Gasteiger partial charge in [0.15, 0.2) is 0 Å². The van der Waals surface area contributed by atoms with Crippen LogP contribution in [0.25, 0.3) is 5.69 Å². The predicted molar refractivity (Wildman–Crippen MR) is 112 cm³/mol. The van der Waals surface area contributed by atoms with Gasteiger partial charge in [-0.15, -0.1) is 0 Å². The van der Waals surface area contributed by atoms with E-state index in [1.54, 1.807) is 0 Å². The lowest BCUT2D eigenvalue weighted by Crippen LogP contribution is -2.16. The molecule has 1 N–H and O–H groups in total. The zero-order valence-corrected chi connectivity index (χ0v) is 17.6. The van der Waals surface area contributed by atoms with Gasteiger partial charge in [-0.05, 0) is 45.7 Å². The van der Waals surface area contributed by atoms with Crippen molar-refractivity contribution in [3.05, 3.63) is 58.7 Å². The first-order valence-electron chi connectivity index (χ1n) is 9.72. The molecule has 0 aliphatic rings. The molecule has 1 aromatic carbocycles. The van der Waals surface area contributed by atoms with Gasteiger partial charge in [-0.2, -0.15) is 10.2 Å². The minimum atomic E-state index is -0.0471. The normalized spacial score (nSPS) is 11.2. The van der Waals surface area contributed by atoms with E-state index >= 15 is 0 Å². The number of aryl methyl sites for hydroxylation is 2. The molecular weight excluding hydrogens is 350 g/mol. The van der Waals surface area contributed by atoms with Crippen molar-refractivity contribution in [3.63, 3.8) is 0 Å². The highest BCUT2D eigenvalue weighted by Gasteiger charge is 2.19. The molecule has 0 fully saturated rings. The van der Waals surface area contributed by atoms with Gasteiger partial charge < -0.3 is 5.32 Å². The quantitative estimate of drug-likeness (QED) is 0.700. The average molecular weight is 380 g/mol. The van der Waals surface area contributed by atoms with Crippen molar-refractivity contribution < 1.29 is 4.79 Å². The van der Waals surface area contributed by atoms with Crippen LogP contribution in [0.4, 0.5) is 5.69 Å². The standard InChI is InChI=1S/C22H29N5O/c1-14(2)13-26-17(5)20(15(3)24-26)12-21(28)23-22-16(4)25-27(18(22)6)19-10-8-7-9-11-19/h7-11,14H,12-13H2,1-6H3,(H,23,28). The van der Waals surface area contributed by atoms with Crippen LogP contribution in [-0.2, 0) is 17.8 Å². The fourth-order valence-electron chi connectivity index (χ4n) is 3.50. The minimum absolute atomic E-state index is 0.0471. The Kier molecular flexibility index (Phi) is 5.68. The summed E-state index contributed by atoms with van der Waals surface area (Å²) in [7, 11) is 0. The summed E-state index contributed by atoms with van der Waals surface area (Å²) < 4.78 is 3.87. The molecule has 6 nitrogen and oxygen atoms in total. The highest BCUT2D eigenvalue weighted by molar-refractivity contribution is 5.93. The highest BCUT2D eigenvalue weighted by atomic mass is 16.1. The lowest BCUT2D eigenvalue weighted by atomic mass is 10.1. The first-order chi connectivity index (χ1) is 13.3. The second-order valence-corrected chi connectivity index (χ2v) is 7.74. The van der Waals surface area contributed by atoms with Crippen LogP contribution in [-0.4, -0.2) is 25.5 Å². The van der Waals surface area contributed by atoms with E-state index in [0.717, 1.165) is 46.3 Å². The van der Waals surface area contributed by atoms with Crippen molar-refractivity contribution in [2.45, 2.75) is 54.5 Å². The van der Waals surface area contributed by atoms with Crippen LogP contribution in [0, 0.1) is 33.6 Å². The Labute approximate surface area is 166 Å². The third-order valence-corrected chi connectivity index (χ3v) is 4.96. The van der Waals surface area contributed by atoms with Crippen molar-refractivity contribution in [1.29, 1.82) is 0 Å². The van der Waals surface area contributed by atoms with Crippen LogP contribution >= 0.6 is 0 Å². The van der Waals surface area contributed by atoms with Crippen LogP contribution in [0.1, 0.15) is 42.2 Å². The summed E-state index contributed by atoms with van der Waals surface area (Å²) >= 11 is 0. The largest absolute Gasteiger partial charge is 0.323 e. The molecule has 0 saturated heterocycles. The van der Waals surface area contributed by atoms with Gasteiger partial charge in [-0.25, -0.2) is 4.68 Å². The van der Waals surface area contributed by atoms with Crippen LogP contribution in [0.2, 0.25) is 0 Å². The Hall–Kier alpha value is -2.89. The fraction of sp³-hybridized carbons (Fsp3) is 0.409. The Balaban J connectivity index is 1.80. The second-order valence-electron chi connectivity index (χ2n) is 7.74. The molecule has 3 aromatic rings. The van der Waals surface area contributed by atoms with E-state index in [4.69, 9.17) is 0 Å².